The Morgan fingerprint density at radius 1 is 0.815 bits per heavy atom. The first-order chi connectivity index (χ1) is 13.2. The molecule has 1 aromatic carbocycles. The van der Waals surface area contributed by atoms with Crippen LogP contribution in [0.15, 0.2) is 30.3 Å². The Labute approximate surface area is 162 Å². The van der Waals surface area contributed by atoms with Gasteiger partial charge in [0.15, 0.2) is 0 Å². The zero-order chi connectivity index (χ0) is 18.6. The van der Waals surface area contributed by atoms with Gasteiger partial charge >= 0.3 is 0 Å². The molecule has 0 spiro atoms. The quantitative estimate of drug-likeness (QED) is 0.896. The van der Waals surface area contributed by atoms with Crippen molar-refractivity contribution in [2.75, 3.05) is 61.4 Å². The van der Waals surface area contributed by atoms with Crippen LogP contribution in [-0.4, -0.2) is 61.2 Å². The van der Waals surface area contributed by atoms with Gasteiger partial charge in [-0.15, -0.1) is 0 Å². The van der Waals surface area contributed by atoms with Crippen LogP contribution in [0.25, 0.3) is 0 Å². The van der Waals surface area contributed by atoms with Gasteiger partial charge in [0.2, 0.25) is 5.95 Å². The van der Waals surface area contributed by atoms with Gasteiger partial charge in [0.05, 0.1) is 0 Å². The summed E-state index contributed by atoms with van der Waals surface area (Å²) >= 11 is 0. The highest BCUT2D eigenvalue weighted by molar-refractivity contribution is 5.62. The van der Waals surface area contributed by atoms with Crippen molar-refractivity contribution >= 4 is 23.1 Å². The number of aryl methyl sites for hydroxylation is 1. The summed E-state index contributed by atoms with van der Waals surface area (Å²) in [7, 11) is 2.19. The normalized spacial score (nSPS) is 18.6. The number of aromatic nitrogens is 2. The number of piperazine rings is 1. The lowest BCUT2D eigenvalue weighted by Crippen LogP contribution is -2.44. The molecule has 0 amide bonds. The largest absolute Gasteiger partial charge is 0.369 e. The Hall–Kier alpha value is -2.34. The summed E-state index contributed by atoms with van der Waals surface area (Å²) in [4.78, 5) is 16.5. The maximum absolute atomic E-state index is 4.76. The number of benzene rings is 1. The lowest BCUT2D eigenvalue weighted by Gasteiger charge is -2.34. The van der Waals surface area contributed by atoms with Gasteiger partial charge in [-0.2, -0.15) is 4.98 Å². The van der Waals surface area contributed by atoms with Gasteiger partial charge in [-0.25, -0.2) is 4.98 Å². The van der Waals surface area contributed by atoms with Crippen LogP contribution >= 0.6 is 0 Å². The van der Waals surface area contributed by atoms with Crippen molar-refractivity contribution < 1.29 is 0 Å². The van der Waals surface area contributed by atoms with Crippen LogP contribution in [0.1, 0.15) is 25.0 Å². The van der Waals surface area contributed by atoms with Gasteiger partial charge in [0, 0.05) is 62.4 Å². The molecule has 1 aromatic heterocycles. The SMILES string of the molecule is Cc1cc(Nc2ccc(N3CCN(C)CC3)cc2)nc(N2CCCCC2)n1. The summed E-state index contributed by atoms with van der Waals surface area (Å²) in [6.45, 7) is 8.59. The summed E-state index contributed by atoms with van der Waals surface area (Å²) in [5.74, 6) is 1.72. The summed E-state index contributed by atoms with van der Waals surface area (Å²) in [6.07, 6.45) is 3.77. The molecule has 0 unspecified atom stereocenters. The lowest BCUT2D eigenvalue weighted by molar-refractivity contribution is 0.313. The summed E-state index contributed by atoms with van der Waals surface area (Å²) < 4.78 is 0. The van der Waals surface area contributed by atoms with Crippen molar-refractivity contribution in [3.63, 3.8) is 0 Å². The monoisotopic (exact) mass is 366 g/mol. The van der Waals surface area contributed by atoms with Crippen molar-refractivity contribution in [2.45, 2.75) is 26.2 Å². The summed E-state index contributed by atoms with van der Waals surface area (Å²) in [5, 5.41) is 3.46. The smallest absolute Gasteiger partial charge is 0.227 e. The Morgan fingerprint density at radius 3 is 2.22 bits per heavy atom. The van der Waals surface area contributed by atoms with Crippen molar-refractivity contribution in [3.8, 4) is 0 Å². The number of piperidine rings is 1. The molecule has 2 aliphatic rings. The second-order valence-corrected chi connectivity index (χ2v) is 7.70. The molecule has 2 fully saturated rings. The van der Waals surface area contributed by atoms with Crippen LogP contribution < -0.4 is 15.1 Å². The topological polar surface area (TPSA) is 47.5 Å². The molecular formula is C21H30N6. The Balaban J connectivity index is 1.45. The van der Waals surface area contributed by atoms with Gasteiger partial charge in [-0.1, -0.05) is 0 Å². The zero-order valence-corrected chi connectivity index (χ0v) is 16.5. The van der Waals surface area contributed by atoms with Crippen LogP contribution in [-0.2, 0) is 0 Å². The summed E-state index contributed by atoms with van der Waals surface area (Å²) in [5.41, 5.74) is 3.36. The fourth-order valence-corrected chi connectivity index (χ4v) is 3.82. The molecule has 0 bridgehead atoms. The highest BCUT2D eigenvalue weighted by Crippen LogP contribution is 2.23. The van der Waals surface area contributed by atoms with Gasteiger partial charge in [-0.05, 0) is 57.5 Å². The van der Waals surface area contributed by atoms with Crippen molar-refractivity contribution in [1.29, 1.82) is 0 Å². The van der Waals surface area contributed by atoms with E-state index in [2.05, 4.69) is 56.3 Å². The lowest BCUT2D eigenvalue weighted by atomic mass is 10.1. The third kappa shape index (κ3) is 4.50. The maximum atomic E-state index is 4.76. The van der Waals surface area contributed by atoms with Crippen molar-refractivity contribution in [3.05, 3.63) is 36.0 Å². The first kappa shape index (κ1) is 18.0. The second-order valence-electron chi connectivity index (χ2n) is 7.70. The van der Waals surface area contributed by atoms with E-state index in [-0.39, 0.29) is 0 Å². The molecule has 0 radical (unpaired) electrons. The van der Waals surface area contributed by atoms with E-state index in [1.807, 2.05) is 13.0 Å². The highest BCUT2D eigenvalue weighted by atomic mass is 15.3. The number of nitrogens with one attached hydrogen (secondary N) is 1. The van der Waals surface area contributed by atoms with Gasteiger partial charge in [0.25, 0.3) is 0 Å². The first-order valence-electron chi connectivity index (χ1n) is 10.1. The average molecular weight is 367 g/mol. The molecular weight excluding hydrogens is 336 g/mol. The third-order valence-corrected chi connectivity index (χ3v) is 5.49. The molecule has 4 rings (SSSR count). The number of nitrogens with zero attached hydrogens (tertiary/aromatic N) is 5. The molecule has 2 saturated heterocycles. The minimum Gasteiger partial charge on any atom is -0.369 e. The molecule has 0 atom stereocenters. The zero-order valence-electron chi connectivity index (χ0n) is 16.5. The van der Waals surface area contributed by atoms with Crippen LogP contribution in [0.2, 0.25) is 0 Å². The second kappa shape index (κ2) is 8.13. The van der Waals surface area contributed by atoms with Gasteiger partial charge in [0.1, 0.15) is 5.82 Å². The maximum Gasteiger partial charge on any atom is 0.227 e. The predicted octanol–water partition coefficient (Wildman–Crippen LogP) is 3.27. The molecule has 144 valence electrons. The summed E-state index contributed by atoms with van der Waals surface area (Å²) in [6, 6.07) is 10.7. The predicted molar refractivity (Wildman–Crippen MR) is 112 cm³/mol. The van der Waals surface area contributed by atoms with E-state index in [0.29, 0.717) is 0 Å². The molecule has 6 heteroatoms. The van der Waals surface area contributed by atoms with E-state index in [4.69, 9.17) is 4.98 Å². The Morgan fingerprint density at radius 2 is 1.52 bits per heavy atom. The average Bonchev–Trinajstić information content (AvgIpc) is 2.69. The molecule has 27 heavy (non-hydrogen) atoms. The molecule has 3 heterocycles. The first-order valence-corrected chi connectivity index (χ1v) is 10.1. The molecule has 0 aliphatic carbocycles. The molecule has 2 aliphatic heterocycles. The standard InChI is InChI=1S/C21H30N6/c1-17-16-20(24-21(22-17)27-10-4-3-5-11-27)23-18-6-8-19(9-7-18)26-14-12-25(2)13-15-26/h6-9,16H,3-5,10-15H2,1-2H3,(H,22,23,24). The highest BCUT2D eigenvalue weighted by Gasteiger charge is 2.16. The van der Waals surface area contributed by atoms with E-state index in [0.717, 1.165) is 62.4 Å². The third-order valence-electron chi connectivity index (χ3n) is 5.49. The van der Waals surface area contributed by atoms with Crippen molar-refractivity contribution in [1.82, 2.24) is 14.9 Å². The number of rotatable bonds is 4. The van der Waals surface area contributed by atoms with Gasteiger partial charge in [-0.3, -0.25) is 0 Å². The van der Waals surface area contributed by atoms with Crippen LogP contribution in [0, 0.1) is 6.92 Å². The van der Waals surface area contributed by atoms with Crippen LogP contribution in [0.4, 0.5) is 23.1 Å². The van der Waals surface area contributed by atoms with E-state index in [1.54, 1.807) is 0 Å². The van der Waals surface area contributed by atoms with E-state index < -0.39 is 0 Å². The van der Waals surface area contributed by atoms with Gasteiger partial charge < -0.3 is 20.0 Å². The fourth-order valence-electron chi connectivity index (χ4n) is 3.82. The number of hydrogen-bond donors (Lipinski definition) is 1. The van der Waals surface area contributed by atoms with Crippen LogP contribution in [0.5, 0.6) is 0 Å². The van der Waals surface area contributed by atoms with E-state index in [9.17, 15) is 0 Å². The number of hydrogen-bond acceptors (Lipinski definition) is 6. The molecule has 2 aromatic rings. The number of likely N-dealkylation sites (N-methyl/N-ethyl adjacent to an activating group) is 1. The Bertz CT molecular complexity index is 746. The molecule has 6 nitrogen and oxygen atoms in total. The Kier molecular flexibility index (Phi) is 5.43. The van der Waals surface area contributed by atoms with Crippen molar-refractivity contribution in [2.24, 2.45) is 0 Å². The van der Waals surface area contributed by atoms with E-state index in [1.165, 1.54) is 24.9 Å². The fraction of sp³-hybridized carbons (Fsp3) is 0.524. The minimum absolute atomic E-state index is 0.853. The van der Waals surface area contributed by atoms with E-state index >= 15 is 0 Å². The minimum atomic E-state index is 0.853. The molecule has 0 saturated carbocycles. The van der Waals surface area contributed by atoms with Crippen LogP contribution in [0.3, 0.4) is 0 Å². The number of anilines is 4. The molecule has 1 N–H and O–H groups in total.